The molecule has 0 spiro atoms. The van der Waals surface area contributed by atoms with Crippen molar-refractivity contribution in [1.82, 2.24) is 9.97 Å². The zero-order valence-corrected chi connectivity index (χ0v) is 9.49. The van der Waals surface area contributed by atoms with Crippen molar-refractivity contribution in [2.24, 2.45) is 5.73 Å². The molecule has 0 bridgehead atoms. The van der Waals surface area contributed by atoms with Gasteiger partial charge < -0.3 is 15.5 Å². The van der Waals surface area contributed by atoms with E-state index in [1.165, 1.54) is 0 Å². The number of hydrogen-bond acceptors (Lipinski definition) is 3. The quantitative estimate of drug-likeness (QED) is 0.806. The van der Waals surface area contributed by atoms with Crippen molar-refractivity contribution in [3.63, 3.8) is 0 Å². The topological polar surface area (TPSA) is 63.9 Å². The fraction of sp³-hybridized carbons (Fsp3) is 0.417. The number of H-pyrrole nitrogens is 1. The average molecular weight is 219 g/mol. The third-order valence-electron chi connectivity index (χ3n) is 2.36. The molecule has 2 rings (SSSR count). The molecule has 2 aromatic rings. The highest BCUT2D eigenvalue weighted by molar-refractivity contribution is 5.76. The second-order valence-electron chi connectivity index (χ2n) is 3.75. The van der Waals surface area contributed by atoms with Crippen LogP contribution in [0.15, 0.2) is 18.2 Å². The van der Waals surface area contributed by atoms with Crippen LogP contribution < -0.4 is 10.5 Å². The van der Waals surface area contributed by atoms with Crippen molar-refractivity contribution in [2.45, 2.75) is 19.8 Å². The summed E-state index contributed by atoms with van der Waals surface area (Å²) in [7, 11) is 0. The van der Waals surface area contributed by atoms with Crippen LogP contribution in [0.1, 0.15) is 19.2 Å². The number of nitrogens with zero attached hydrogens (tertiary/aromatic N) is 1. The average Bonchev–Trinajstić information content (AvgIpc) is 2.68. The lowest BCUT2D eigenvalue weighted by atomic mass is 10.3. The number of nitrogens with one attached hydrogen (secondary N) is 1. The van der Waals surface area contributed by atoms with E-state index in [1.807, 2.05) is 18.2 Å². The van der Waals surface area contributed by atoms with Gasteiger partial charge in [-0.1, -0.05) is 6.92 Å². The normalized spacial score (nSPS) is 10.9. The second-order valence-corrected chi connectivity index (χ2v) is 3.75. The molecule has 0 radical (unpaired) electrons. The summed E-state index contributed by atoms with van der Waals surface area (Å²) >= 11 is 0. The first-order chi connectivity index (χ1) is 7.83. The number of fused-ring (bicyclic) bond motifs is 1. The molecular formula is C12H17N3O. The lowest BCUT2D eigenvalue weighted by Gasteiger charge is -2.02. The summed E-state index contributed by atoms with van der Waals surface area (Å²) < 4.78 is 5.56. The summed E-state index contributed by atoms with van der Waals surface area (Å²) in [4.78, 5) is 7.67. The van der Waals surface area contributed by atoms with E-state index in [4.69, 9.17) is 10.5 Å². The number of hydrogen-bond donors (Lipinski definition) is 2. The zero-order valence-electron chi connectivity index (χ0n) is 9.49. The van der Waals surface area contributed by atoms with E-state index in [9.17, 15) is 0 Å². The molecule has 0 amide bonds. The van der Waals surface area contributed by atoms with Gasteiger partial charge in [-0.05, 0) is 25.1 Å². The molecule has 1 aromatic heterocycles. The summed E-state index contributed by atoms with van der Waals surface area (Å²) in [5, 5.41) is 0. The van der Waals surface area contributed by atoms with Gasteiger partial charge in [0.15, 0.2) is 0 Å². The first-order valence-corrected chi connectivity index (χ1v) is 5.65. The summed E-state index contributed by atoms with van der Waals surface area (Å²) in [5.74, 6) is 1.82. The largest absolute Gasteiger partial charge is 0.494 e. The van der Waals surface area contributed by atoms with Crippen molar-refractivity contribution in [3.8, 4) is 5.75 Å². The molecule has 0 atom stereocenters. The summed E-state index contributed by atoms with van der Waals surface area (Å²) in [5.41, 5.74) is 7.47. The summed E-state index contributed by atoms with van der Waals surface area (Å²) in [6.07, 6.45) is 1.79. The number of benzene rings is 1. The van der Waals surface area contributed by atoms with Crippen molar-refractivity contribution < 1.29 is 4.74 Å². The molecule has 0 saturated heterocycles. The minimum Gasteiger partial charge on any atom is -0.494 e. The van der Waals surface area contributed by atoms with Gasteiger partial charge in [-0.15, -0.1) is 0 Å². The maximum atomic E-state index is 5.56. The fourth-order valence-corrected chi connectivity index (χ4v) is 1.61. The van der Waals surface area contributed by atoms with E-state index >= 15 is 0 Å². The Bertz CT molecular complexity index is 464. The van der Waals surface area contributed by atoms with Crippen LogP contribution in [0.4, 0.5) is 0 Å². The Balaban J connectivity index is 2.23. The van der Waals surface area contributed by atoms with Gasteiger partial charge in [0, 0.05) is 12.5 Å². The zero-order chi connectivity index (χ0) is 11.4. The first kappa shape index (κ1) is 11.0. The lowest BCUT2D eigenvalue weighted by Crippen LogP contribution is -2.03. The minimum absolute atomic E-state index is 0.610. The van der Waals surface area contributed by atoms with Gasteiger partial charge in [0.25, 0.3) is 0 Å². The molecular weight excluding hydrogens is 202 g/mol. The standard InChI is InChI=1S/C12H17N3O/c1-2-7-16-9-3-4-10-11(8-9)15-12(14-10)5-6-13/h3-4,8H,2,5-7,13H2,1H3,(H,14,15). The van der Waals surface area contributed by atoms with Gasteiger partial charge in [0.1, 0.15) is 11.6 Å². The molecule has 86 valence electrons. The monoisotopic (exact) mass is 219 g/mol. The maximum Gasteiger partial charge on any atom is 0.121 e. The molecule has 0 unspecified atom stereocenters. The van der Waals surface area contributed by atoms with Crippen LogP contribution in [0, 0.1) is 0 Å². The SMILES string of the molecule is CCCOc1ccc2nc(CCN)[nH]c2c1. The van der Waals surface area contributed by atoms with Crippen LogP contribution in [-0.4, -0.2) is 23.1 Å². The van der Waals surface area contributed by atoms with E-state index in [-0.39, 0.29) is 0 Å². The van der Waals surface area contributed by atoms with Crippen molar-refractivity contribution in [1.29, 1.82) is 0 Å². The minimum atomic E-state index is 0.610. The molecule has 4 nitrogen and oxygen atoms in total. The Morgan fingerprint density at radius 2 is 2.31 bits per heavy atom. The molecule has 3 N–H and O–H groups in total. The predicted octanol–water partition coefficient (Wildman–Crippen LogP) is 1.85. The highest BCUT2D eigenvalue weighted by Gasteiger charge is 2.03. The van der Waals surface area contributed by atoms with Crippen LogP contribution >= 0.6 is 0 Å². The first-order valence-electron chi connectivity index (χ1n) is 5.65. The van der Waals surface area contributed by atoms with E-state index < -0.39 is 0 Å². The van der Waals surface area contributed by atoms with E-state index in [0.717, 1.165) is 42.1 Å². The van der Waals surface area contributed by atoms with Gasteiger partial charge in [-0.25, -0.2) is 4.98 Å². The predicted molar refractivity (Wildman–Crippen MR) is 64.6 cm³/mol. The van der Waals surface area contributed by atoms with Crippen LogP contribution in [0.3, 0.4) is 0 Å². The van der Waals surface area contributed by atoms with Crippen LogP contribution in [0.5, 0.6) is 5.75 Å². The highest BCUT2D eigenvalue weighted by Crippen LogP contribution is 2.19. The van der Waals surface area contributed by atoms with E-state index in [0.29, 0.717) is 6.54 Å². The lowest BCUT2D eigenvalue weighted by molar-refractivity contribution is 0.318. The van der Waals surface area contributed by atoms with E-state index in [2.05, 4.69) is 16.9 Å². The smallest absolute Gasteiger partial charge is 0.121 e. The van der Waals surface area contributed by atoms with Crippen molar-refractivity contribution in [3.05, 3.63) is 24.0 Å². The van der Waals surface area contributed by atoms with Crippen molar-refractivity contribution >= 4 is 11.0 Å². The highest BCUT2D eigenvalue weighted by atomic mass is 16.5. The van der Waals surface area contributed by atoms with E-state index in [1.54, 1.807) is 0 Å². The van der Waals surface area contributed by atoms with Gasteiger partial charge in [-0.3, -0.25) is 0 Å². The molecule has 0 aliphatic heterocycles. The van der Waals surface area contributed by atoms with Gasteiger partial charge in [0.2, 0.25) is 0 Å². The van der Waals surface area contributed by atoms with Gasteiger partial charge in [-0.2, -0.15) is 0 Å². The van der Waals surface area contributed by atoms with Crippen LogP contribution in [0.2, 0.25) is 0 Å². The number of aromatic amines is 1. The third kappa shape index (κ3) is 2.33. The molecule has 0 aliphatic rings. The Hall–Kier alpha value is -1.55. The molecule has 0 fully saturated rings. The third-order valence-corrected chi connectivity index (χ3v) is 2.36. The molecule has 1 aromatic carbocycles. The Morgan fingerprint density at radius 1 is 1.44 bits per heavy atom. The fourth-order valence-electron chi connectivity index (χ4n) is 1.61. The second kappa shape index (κ2) is 4.99. The molecule has 0 aliphatic carbocycles. The van der Waals surface area contributed by atoms with Crippen LogP contribution in [0.25, 0.3) is 11.0 Å². The van der Waals surface area contributed by atoms with Crippen molar-refractivity contribution in [2.75, 3.05) is 13.2 Å². The Morgan fingerprint density at radius 3 is 3.06 bits per heavy atom. The summed E-state index contributed by atoms with van der Waals surface area (Å²) in [6.45, 7) is 3.45. The maximum absolute atomic E-state index is 5.56. The van der Waals surface area contributed by atoms with Crippen LogP contribution in [-0.2, 0) is 6.42 Å². The van der Waals surface area contributed by atoms with Gasteiger partial charge in [0.05, 0.1) is 17.6 Å². The Kier molecular flexibility index (Phi) is 3.41. The van der Waals surface area contributed by atoms with Gasteiger partial charge >= 0.3 is 0 Å². The molecule has 0 saturated carbocycles. The summed E-state index contributed by atoms with van der Waals surface area (Å²) in [6, 6.07) is 5.90. The number of rotatable bonds is 5. The number of aromatic nitrogens is 2. The number of nitrogens with two attached hydrogens (primary N) is 1. The molecule has 1 heterocycles. The number of ether oxygens (including phenoxy) is 1. The molecule has 4 heteroatoms. The molecule has 16 heavy (non-hydrogen) atoms. The number of imidazole rings is 1. The Labute approximate surface area is 94.8 Å².